The maximum absolute atomic E-state index is 11.2. The number of carbonyl (C=O) groups excluding carboxylic acids is 1. The van der Waals surface area contributed by atoms with E-state index in [9.17, 15) is 9.90 Å². The Morgan fingerprint density at radius 3 is 2.87 bits per heavy atom. The van der Waals surface area contributed by atoms with Crippen molar-refractivity contribution < 1.29 is 9.90 Å². The predicted octanol–water partition coefficient (Wildman–Crippen LogP) is 0.262. The Hall–Kier alpha value is -0.610. The quantitative estimate of drug-likeness (QED) is 0.629. The van der Waals surface area contributed by atoms with Gasteiger partial charge in [0.2, 0.25) is 5.91 Å². The Balaban J connectivity index is 2.21. The van der Waals surface area contributed by atoms with Gasteiger partial charge in [0.05, 0.1) is 12.1 Å². The minimum absolute atomic E-state index is 0.0198. The van der Waals surface area contributed by atoms with Crippen LogP contribution < -0.4 is 10.6 Å². The summed E-state index contributed by atoms with van der Waals surface area (Å²) in [5.41, 5.74) is 0. The summed E-state index contributed by atoms with van der Waals surface area (Å²) in [4.78, 5) is 11.2. The number of hydrogen-bond acceptors (Lipinski definition) is 3. The van der Waals surface area contributed by atoms with E-state index >= 15 is 0 Å². The van der Waals surface area contributed by atoms with Gasteiger partial charge >= 0.3 is 0 Å². The predicted molar refractivity (Wildman–Crippen MR) is 59.5 cm³/mol. The summed E-state index contributed by atoms with van der Waals surface area (Å²) in [5.74, 6) is 0.534. The second-order valence-electron chi connectivity index (χ2n) is 4.43. The van der Waals surface area contributed by atoms with Crippen LogP contribution in [0.25, 0.3) is 0 Å². The molecule has 4 nitrogen and oxygen atoms in total. The fourth-order valence-corrected chi connectivity index (χ4v) is 2.10. The summed E-state index contributed by atoms with van der Waals surface area (Å²) >= 11 is 0. The van der Waals surface area contributed by atoms with Gasteiger partial charge in [0, 0.05) is 7.05 Å². The lowest BCUT2D eigenvalue weighted by molar-refractivity contribution is -0.122. The van der Waals surface area contributed by atoms with E-state index in [4.69, 9.17) is 0 Å². The van der Waals surface area contributed by atoms with Crippen LogP contribution in [0.3, 0.4) is 0 Å². The zero-order valence-electron chi connectivity index (χ0n) is 9.62. The van der Waals surface area contributed by atoms with Crippen molar-refractivity contribution >= 4 is 5.91 Å². The molecule has 1 aliphatic carbocycles. The lowest BCUT2D eigenvalue weighted by Gasteiger charge is -2.27. The van der Waals surface area contributed by atoms with E-state index in [2.05, 4.69) is 10.6 Å². The van der Waals surface area contributed by atoms with E-state index in [1.165, 1.54) is 0 Å². The van der Waals surface area contributed by atoms with Crippen molar-refractivity contribution in [1.82, 2.24) is 10.6 Å². The van der Waals surface area contributed by atoms with Gasteiger partial charge in [-0.25, -0.2) is 0 Å². The van der Waals surface area contributed by atoms with Gasteiger partial charge in [-0.15, -0.1) is 0 Å². The molecule has 88 valence electrons. The number of carbonyl (C=O) groups is 1. The van der Waals surface area contributed by atoms with Gasteiger partial charge < -0.3 is 15.7 Å². The SMILES string of the molecule is CNC(=O)C(C)NCC1CCCC(O)C1. The Labute approximate surface area is 91.4 Å². The highest BCUT2D eigenvalue weighted by Crippen LogP contribution is 2.23. The Bertz CT molecular complexity index is 209. The molecule has 0 heterocycles. The first-order chi connectivity index (χ1) is 7.13. The van der Waals surface area contributed by atoms with Crippen molar-refractivity contribution in [1.29, 1.82) is 0 Å². The molecule has 0 aromatic rings. The van der Waals surface area contributed by atoms with Gasteiger partial charge in [0.1, 0.15) is 0 Å². The lowest BCUT2D eigenvalue weighted by atomic mass is 9.87. The number of aliphatic hydroxyl groups excluding tert-OH is 1. The van der Waals surface area contributed by atoms with E-state index < -0.39 is 0 Å². The molecule has 0 bridgehead atoms. The molecule has 3 atom stereocenters. The standard InChI is InChI=1S/C11H22N2O2/c1-8(11(15)12-2)13-7-9-4-3-5-10(14)6-9/h8-10,13-14H,3-7H2,1-2H3,(H,12,15). The molecule has 0 aromatic heterocycles. The van der Waals surface area contributed by atoms with Crippen molar-refractivity contribution in [3.63, 3.8) is 0 Å². The third-order valence-electron chi connectivity index (χ3n) is 3.11. The highest BCUT2D eigenvalue weighted by Gasteiger charge is 2.21. The van der Waals surface area contributed by atoms with E-state index in [1.54, 1.807) is 7.05 Å². The van der Waals surface area contributed by atoms with Crippen LogP contribution in [0.4, 0.5) is 0 Å². The van der Waals surface area contributed by atoms with E-state index in [-0.39, 0.29) is 18.1 Å². The molecule has 1 amide bonds. The maximum atomic E-state index is 11.2. The van der Waals surface area contributed by atoms with Crippen LogP contribution in [0, 0.1) is 5.92 Å². The molecule has 3 N–H and O–H groups in total. The first-order valence-corrected chi connectivity index (χ1v) is 5.76. The minimum atomic E-state index is -0.144. The Kier molecular flexibility index (Phi) is 5.05. The molecule has 0 aromatic carbocycles. The smallest absolute Gasteiger partial charge is 0.236 e. The largest absolute Gasteiger partial charge is 0.393 e. The van der Waals surface area contributed by atoms with Crippen molar-refractivity contribution in [3.05, 3.63) is 0 Å². The van der Waals surface area contributed by atoms with E-state index in [1.807, 2.05) is 6.92 Å². The first-order valence-electron chi connectivity index (χ1n) is 5.76. The average molecular weight is 214 g/mol. The van der Waals surface area contributed by atoms with Gasteiger partial charge in [0.25, 0.3) is 0 Å². The zero-order chi connectivity index (χ0) is 11.3. The van der Waals surface area contributed by atoms with Gasteiger partial charge in [-0.1, -0.05) is 6.42 Å². The summed E-state index contributed by atoms with van der Waals surface area (Å²) < 4.78 is 0. The molecule has 1 fully saturated rings. The highest BCUT2D eigenvalue weighted by atomic mass is 16.3. The number of aliphatic hydroxyl groups is 1. The zero-order valence-corrected chi connectivity index (χ0v) is 9.62. The molecule has 0 saturated heterocycles. The van der Waals surface area contributed by atoms with Crippen LogP contribution in [0.15, 0.2) is 0 Å². The molecule has 3 unspecified atom stereocenters. The van der Waals surface area contributed by atoms with Crippen molar-refractivity contribution in [2.75, 3.05) is 13.6 Å². The number of rotatable bonds is 4. The topological polar surface area (TPSA) is 61.4 Å². The van der Waals surface area contributed by atoms with Gasteiger partial charge in [-0.05, 0) is 38.6 Å². The number of amides is 1. The number of hydrogen-bond donors (Lipinski definition) is 3. The molecule has 0 spiro atoms. The van der Waals surface area contributed by atoms with Crippen molar-refractivity contribution in [3.8, 4) is 0 Å². The lowest BCUT2D eigenvalue weighted by Crippen LogP contribution is -2.43. The third kappa shape index (κ3) is 4.18. The minimum Gasteiger partial charge on any atom is -0.393 e. The van der Waals surface area contributed by atoms with Crippen LogP contribution >= 0.6 is 0 Å². The van der Waals surface area contributed by atoms with Crippen LogP contribution in [-0.2, 0) is 4.79 Å². The summed E-state index contributed by atoms with van der Waals surface area (Å²) in [7, 11) is 1.64. The summed E-state index contributed by atoms with van der Waals surface area (Å²) in [6.07, 6.45) is 3.92. The van der Waals surface area contributed by atoms with Crippen LogP contribution in [0.2, 0.25) is 0 Å². The van der Waals surface area contributed by atoms with Gasteiger partial charge in [0.15, 0.2) is 0 Å². The Morgan fingerprint density at radius 2 is 2.27 bits per heavy atom. The summed E-state index contributed by atoms with van der Waals surface area (Å²) in [5, 5.41) is 15.3. The fourth-order valence-electron chi connectivity index (χ4n) is 2.10. The van der Waals surface area contributed by atoms with E-state index in [0.717, 1.165) is 32.2 Å². The van der Waals surface area contributed by atoms with E-state index in [0.29, 0.717) is 5.92 Å². The second kappa shape index (κ2) is 6.08. The molecule has 1 rings (SSSR count). The second-order valence-corrected chi connectivity index (χ2v) is 4.43. The fraction of sp³-hybridized carbons (Fsp3) is 0.909. The normalized spacial score (nSPS) is 28.5. The summed E-state index contributed by atoms with van der Waals surface area (Å²) in [6.45, 7) is 2.68. The average Bonchev–Trinajstić information content (AvgIpc) is 2.25. The van der Waals surface area contributed by atoms with Crippen molar-refractivity contribution in [2.24, 2.45) is 5.92 Å². The van der Waals surface area contributed by atoms with Crippen LogP contribution in [0.5, 0.6) is 0 Å². The van der Waals surface area contributed by atoms with Crippen molar-refractivity contribution in [2.45, 2.75) is 44.8 Å². The number of likely N-dealkylation sites (N-methyl/N-ethyl adjacent to an activating group) is 1. The third-order valence-corrected chi connectivity index (χ3v) is 3.11. The molecular weight excluding hydrogens is 192 g/mol. The molecule has 1 aliphatic rings. The molecule has 0 aliphatic heterocycles. The van der Waals surface area contributed by atoms with Crippen LogP contribution in [0.1, 0.15) is 32.6 Å². The Morgan fingerprint density at radius 1 is 1.53 bits per heavy atom. The molecular formula is C11H22N2O2. The molecule has 1 saturated carbocycles. The first kappa shape index (κ1) is 12.5. The van der Waals surface area contributed by atoms with Gasteiger partial charge in [-0.3, -0.25) is 4.79 Å². The monoisotopic (exact) mass is 214 g/mol. The van der Waals surface area contributed by atoms with Gasteiger partial charge in [-0.2, -0.15) is 0 Å². The highest BCUT2D eigenvalue weighted by molar-refractivity contribution is 5.80. The maximum Gasteiger partial charge on any atom is 0.236 e. The number of nitrogens with one attached hydrogen (secondary N) is 2. The molecule has 4 heteroatoms. The summed E-state index contributed by atoms with van der Waals surface area (Å²) in [6, 6.07) is -0.144. The van der Waals surface area contributed by atoms with Crippen LogP contribution in [-0.4, -0.2) is 36.8 Å². The molecule has 0 radical (unpaired) electrons. The molecule has 15 heavy (non-hydrogen) atoms.